The Hall–Kier alpha value is -0.590. The molecule has 0 unspecified atom stereocenters. The molecule has 0 saturated carbocycles. The highest BCUT2D eigenvalue weighted by Gasteiger charge is 1.60. The normalized spacial score (nSPS) is 6.40. The van der Waals surface area contributed by atoms with Crippen molar-refractivity contribution in [1.29, 1.82) is 0 Å². The van der Waals surface area contributed by atoms with Crippen molar-refractivity contribution in [1.82, 2.24) is 0 Å². The summed E-state index contributed by atoms with van der Waals surface area (Å²) in [6.07, 6.45) is 4.12. The van der Waals surface area contributed by atoms with E-state index in [9.17, 15) is 0 Å². The maximum Gasteiger partial charge on any atom is 0.140 e. The van der Waals surface area contributed by atoms with E-state index in [4.69, 9.17) is 5.41 Å². The Morgan fingerprint density at radius 3 is 2.40 bits per heavy atom. The molecule has 1 nitrogen and oxygen atoms in total. The minimum atomic E-state index is 0.806. The van der Waals surface area contributed by atoms with Crippen molar-refractivity contribution in [2.75, 3.05) is 0 Å². The van der Waals surface area contributed by atoms with Gasteiger partial charge < -0.3 is 0 Å². The van der Waals surface area contributed by atoms with Crippen LogP contribution in [0.1, 0.15) is 6.42 Å². The molecule has 0 rings (SSSR count). The molecule has 0 amide bonds. The van der Waals surface area contributed by atoms with Gasteiger partial charge in [-0.2, -0.15) is 0 Å². The standard InChI is InChI=1S/C4H7N/c1-2-3-4-5/h2,4-5H,1,3H2/p+1. The zero-order valence-corrected chi connectivity index (χ0v) is 3.15. The van der Waals surface area contributed by atoms with Crippen LogP contribution in [-0.2, 0) is 0 Å². The Kier molecular flexibility index (Phi) is 3.01. The Balaban J connectivity index is 2.65. The van der Waals surface area contributed by atoms with Crippen molar-refractivity contribution in [3.05, 3.63) is 12.7 Å². The van der Waals surface area contributed by atoms with Gasteiger partial charge in [-0.3, -0.25) is 5.41 Å². The van der Waals surface area contributed by atoms with Gasteiger partial charge in [0.2, 0.25) is 0 Å². The molecule has 0 aromatic carbocycles. The highest BCUT2D eigenvalue weighted by Crippen LogP contribution is 1.61. The van der Waals surface area contributed by atoms with Gasteiger partial charge in [-0.15, -0.1) is 6.58 Å². The highest BCUT2D eigenvalue weighted by molar-refractivity contribution is 5.51. The molecule has 28 valence electrons. The molecule has 5 heavy (non-hydrogen) atoms. The van der Waals surface area contributed by atoms with E-state index in [-0.39, 0.29) is 0 Å². The molecule has 0 aliphatic heterocycles. The van der Waals surface area contributed by atoms with E-state index < -0.39 is 0 Å². The summed E-state index contributed by atoms with van der Waals surface area (Å²) in [5, 5.41) is 4.94. The second kappa shape index (κ2) is 3.41. The molecule has 0 aromatic heterocycles. The summed E-state index contributed by atoms with van der Waals surface area (Å²) in [6, 6.07) is 0. The molecule has 0 radical (unpaired) electrons. The second-order valence-corrected chi connectivity index (χ2v) is 0.760. The Morgan fingerprint density at radius 1 is 1.80 bits per heavy atom. The largest absolute Gasteiger partial charge is 0.264 e. The average molecular weight is 70.1 g/mol. The van der Waals surface area contributed by atoms with E-state index in [1.54, 1.807) is 12.3 Å². The predicted octanol–water partition coefficient (Wildman–Crippen LogP) is -0.608. The molecule has 0 spiro atoms. The Bertz CT molecular complexity index is 32.9. The van der Waals surface area contributed by atoms with Crippen molar-refractivity contribution >= 4 is 6.21 Å². The zero-order chi connectivity index (χ0) is 4.12. The SMILES string of the molecule is C=CCC=[NH2+]. The van der Waals surface area contributed by atoms with Crippen LogP contribution in [0.5, 0.6) is 0 Å². The first-order valence-corrected chi connectivity index (χ1v) is 1.56. The Morgan fingerprint density at radius 2 is 2.40 bits per heavy atom. The number of rotatable bonds is 2. The molecule has 0 atom stereocenters. The molecule has 0 bridgehead atoms. The summed E-state index contributed by atoms with van der Waals surface area (Å²) in [4.78, 5) is 0. The molecule has 0 aromatic rings. The summed E-state index contributed by atoms with van der Waals surface area (Å²) < 4.78 is 0. The fourth-order valence-electron chi connectivity index (χ4n) is 0.0962. The minimum Gasteiger partial charge on any atom is -0.264 e. The summed E-state index contributed by atoms with van der Waals surface area (Å²) >= 11 is 0. The molecular weight excluding hydrogens is 62.1 g/mol. The van der Waals surface area contributed by atoms with E-state index in [2.05, 4.69) is 6.58 Å². The summed E-state index contributed by atoms with van der Waals surface area (Å²) in [6.45, 7) is 3.44. The summed E-state index contributed by atoms with van der Waals surface area (Å²) in [5.74, 6) is 0. The molecule has 0 saturated heterocycles. The highest BCUT2D eigenvalue weighted by atomic mass is 14.3. The maximum atomic E-state index is 4.94. The maximum absolute atomic E-state index is 4.94. The van der Waals surface area contributed by atoms with Gasteiger partial charge in [0.25, 0.3) is 0 Å². The summed E-state index contributed by atoms with van der Waals surface area (Å²) in [5.41, 5.74) is 0. The number of allylic oxidation sites excluding steroid dienone is 1. The second-order valence-electron chi connectivity index (χ2n) is 0.760. The van der Waals surface area contributed by atoms with Gasteiger partial charge in [0, 0.05) is 6.42 Å². The van der Waals surface area contributed by atoms with Crippen LogP contribution in [0, 0.1) is 0 Å². The minimum absolute atomic E-state index is 0.806. The van der Waals surface area contributed by atoms with Gasteiger partial charge in [-0.1, -0.05) is 6.08 Å². The number of hydrogen-bond donors (Lipinski definition) is 1. The Labute approximate surface area is 31.8 Å². The molecule has 0 aliphatic rings. The fourth-order valence-corrected chi connectivity index (χ4v) is 0.0962. The van der Waals surface area contributed by atoms with Gasteiger partial charge in [0.05, 0.1) is 0 Å². The van der Waals surface area contributed by atoms with Crippen LogP contribution in [0.25, 0.3) is 0 Å². The van der Waals surface area contributed by atoms with Crippen LogP contribution in [0.3, 0.4) is 0 Å². The van der Waals surface area contributed by atoms with E-state index in [1.807, 2.05) is 0 Å². The summed E-state index contributed by atoms with van der Waals surface area (Å²) in [7, 11) is 0. The van der Waals surface area contributed by atoms with Crippen LogP contribution >= 0.6 is 0 Å². The predicted molar refractivity (Wildman–Crippen MR) is 22.8 cm³/mol. The molecule has 0 fully saturated rings. The molecule has 0 aliphatic carbocycles. The van der Waals surface area contributed by atoms with E-state index >= 15 is 0 Å². The lowest BCUT2D eigenvalue weighted by Gasteiger charge is -1.57. The topological polar surface area (TPSA) is 25.6 Å². The van der Waals surface area contributed by atoms with Gasteiger partial charge >= 0.3 is 0 Å². The third-order valence-corrected chi connectivity index (χ3v) is 0.303. The van der Waals surface area contributed by atoms with Crippen LogP contribution in [0.15, 0.2) is 12.7 Å². The first-order chi connectivity index (χ1) is 2.41. The van der Waals surface area contributed by atoms with E-state index in [1.165, 1.54) is 0 Å². The third-order valence-electron chi connectivity index (χ3n) is 0.303. The van der Waals surface area contributed by atoms with Gasteiger partial charge in [-0.05, 0) is 0 Å². The van der Waals surface area contributed by atoms with Crippen molar-refractivity contribution in [2.24, 2.45) is 0 Å². The van der Waals surface area contributed by atoms with Crippen LogP contribution in [-0.4, -0.2) is 6.21 Å². The first-order valence-electron chi connectivity index (χ1n) is 1.56. The van der Waals surface area contributed by atoms with Crippen LogP contribution < -0.4 is 5.41 Å². The number of hydrogen-bond acceptors (Lipinski definition) is 0. The molecular formula is C4H8N+. The quantitative estimate of drug-likeness (QED) is 0.331. The van der Waals surface area contributed by atoms with E-state index in [0.29, 0.717) is 0 Å². The van der Waals surface area contributed by atoms with Crippen molar-refractivity contribution < 1.29 is 5.41 Å². The van der Waals surface area contributed by atoms with Gasteiger partial charge in [0.1, 0.15) is 6.21 Å². The fraction of sp³-hybridized carbons (Fsp3) is 0.250. The van der Waals surface area contributed by atoms with Crippen LogP contribution in [0.2, 0.25) is 0 Å². The van der Waals surface area contributed by atoms with Gasteiger partial charge in [0.15, 0.2) is 0 Å². The average Bonchev–Trinajstić information content (AvgIpc) is 1.41. The molecule has 2 N–H and O–H groups in total. The lowest BCUT2D eigenvalue weighted by atomic mass is 10.5. The van der Waals surface area contributed by atoms with Crippen molar-refractivity contribution in [2.45, 2.75) is 6.42 Å². The molecule has 1 heteroatoms. The zero-order valence-electron chi connectivity index (χ0n) is 3.15. The van der Waals surface area contributed by atoms with Crippen LogP contribution in [0.4, 0.5) is 0 Å². The van der Waals surface area contributed by atoms with Crippen molar-refractivity contribution in [3.8, 4) is 0 Å². The lowest BCUT2D eigenvalue weighted by molar-refractivity contribution is -0.107. The first kappa shape index (κ1) is 4.41. The monoisotopic (exact) mass is 70.1 g/mol. The molecule has 0 heterocycles. The lowest BCUT2D eigenvalue weighted by Crippen LogP contribution is -2.28. The van der Waals surface area contributed by atoms with Gasteiger partial charge in [-0.25, -0.2) is 0 Å². The third kappa shape index (κ3) is 3.41. The van der Waals surface area contributed by atoms with E-state index in [0.717, 1.165) is 6.42 Å². The smallest absolute Gasteiger partial charge is 0.140 e. The number of nitrogens with two attached hydrogens (primary N) is 1. The van der Waals surface area contributed by atoms with Crippen molar-refractivity contribution in [3.63, 3.8) is 0 Å².